The van der Waals surface area contributed by atoms with Crippen molar-refractivity contribution in [2.45, 2.75) is 13.5 Å². The highest BCUT2D eigenvalue weighted by molar-refractivity contribution is 9.10. The molecule has 0 aliphatic rings. The molecular weight excluding hydrogens is 332 g/mol. The number of hydrogen-bond donors (Lipinski definition) is 0. The van der Waals surface area contributed by atoms with E-state index < -0.39 is 5.97 Å². The van der Waals surface area contributed by atoms with E-state index in [9.17, 15) is 4.79 Å². The van der Waals surface area contributed by atoms with Crippen molar-refractivity contribution in [3.05, 3.63) is 69.9 Å². The number of furan rings is 1. The maximum Gasteiger partial charge on any atom is 0.374 e. The van der Waals surface area contributed by atoms with E-state index in [1.807, 2.05) is 55.5 Å². The lowest BCUT2D eigenvalue weighted by atomic mass is 10.1. The third kappa shape index (κ3) is 2.85. The Balaban J connectivity index is 1.78. The molecule has 0 saturated carbocycles. The summed E-state index contributed by atoms with van der Waals surface area (Å²) in [4.78, 5) is 12.2. The zero-order chi connectivity index (χ0) is 14.8. The molecule has 0 bridgehead atoms. The molecule has 0 radical (unpaired) electrons. The molecule has 106 valence electrons. The van der Waals surface area contributed by atoms with Crippen LogP contribution in [0.25, 0.3) is 11.0 Å². The van der Waals surface area contributed by atoms with Gasteiger partial charge >= 0.3 is 5.97 Å². The Morgan fingerprint density at radius 3 is 2.57 bits per heavy atom. The molecule has 2 aromatic carbocycles. The van der Waals surface area contributed by atoms with Crippen LogP contribution < -0.4 is 0 Å². The second-order valence-electron chi connectivity index (χ2n) is 4.75. The van der Waals surface area contributed by atoms with Crippen molar-refractivity contribution in [3.8, 4) is 0 Å². The number of rotatable bonds is 3. The molecule has 0 saturated heterocycles. The average molecular weight is 345 g/mol. The summed E-state index contributed by atoms with van der Waals surface area (Å²) < 4.78 is 11.9. The standard InChI is InChI=1S/C17H13BrO3/c1-11-14-4-2-3-5-15(14)21-16(11)17(19)20-10-12-6-8-13(18)9-7-12/h2-9H,10H2,1H3. The molecule has 21 heavy (non-hydrogen) atoms. The summed E-state index contributed by atoms with van der Waals surface area (Å²) in [5.74, 6) is -0.167. The number of esters is 1. The van der Waals surface area contributed by atoms with E-state index >= 15 is 0 Å². The predicted molar refractivity (Wildman–Crippen MR) is 84.2 cm³/mol. The summed E-state index contributed by atoms with van der Waals surface area (Å²) in [6.45, 7) is 2.09. The number of aryl methyl sites for hydroxylation is 1. The van der Waals surface area contributed by atoms with Gasteiger partial charge in [0.25, 0.3) is 0 Å². The lowest BCUT2D eigenvalue weighted by molar-refractivity contribution is 0.0437. The Morgan fingerprint density at radius 2 is 1.86 bits per heavy atom. The van der Waals surface area contributed by atoms with Crippen molar-refractivity contribution in [2.75, 3.05) is 0 Å². The highest BCUT2D eigenvalue weighted by Crippen LogP contribution is 2.25. The number of halogens is 1. The summed E-state index contributed by atoms with van der Waals surface area (Å²) >= 11 is 3.37. The van der Waals surface area contributed by atoms with E-state index in [-0.39, 0.29) is 12.4 Å². The molecule has 1 heterocycles. The van der Waals surface area contributed by atoms with Crippen LogP contribution in [0.2, 0.25) is 0 Å². The number of carbonyl (C=O) groups excluding carboxylic acids is 1. The maximum absolute atomic E-state index is 12.2. The monoisotopic (exact) mass is 344 g/mol. The highest BCUT2D eigenvalue weighted by Gasteiger charge is 2.18. The molecule has 0 aliphatic heterocycles. The van der Waals surface area contributed by atoms with Gasteiger partial charge in [-0.2, -0.15) is 0 Å². The van der Waals surface area contributed by atoms with Crippen LogP contribution in [-0.2, 0) is 11.3 Å². The van der Waals surface area contributed by atoms with Gasteiger partial charge < -0.3 is 9.15 Å². The summed E-state index contributed by atoms with van der Waals surface area (Å²) in [6.07, 6.45) is 0. The number of ether oxygens (including phenoxy) is 1. The van der Waals surface area contributed by atoms with Crippen LogP contribution >= 0.6 is 15.9 Å². The van der Waals surface area contributed by atoms with Crippen molar-refractivity contribution in [2.24, 2.45) is 0 Å². The molecule has 0 spiro atoms. The lowest BCUT2D eigenvalue weighted by Gasteiger charge is -2.03. The Bertz CT molecular complexity index is 787. The Kier molecular flexibility index (Phi) is 3.80. The number of benzene rings is 2. The summed E-state index contributed by atoms with van der Waals surface area (Å²) in [5.41, 5.74) is 2.44. The predicted octanol–water partition coefficient (Wildman–Crippen LogP) is 4.86. The minimum Gasteiger partial charge on any atom is -0.455 e. The van der Waals surface area contributed by atoms with Gasteiger partial charge in [0.1, 0.15) is 12.2 Å². The van der Waals surface area contributed by atoms with Crippen LogP contribution in [0.4, 0.5) is 0 Å². The van der Waals surface area contributed by atoms with Gasteiger partial charge in [0.2, 0.25) is 5.76 Å². The van der Waals surface area contributed by atoms with Crippen molar-refractivity contribution in [1.29, 1.82) is 0 Å². The largest absolute Gasteiger partial charge is 0.455 e. The zero-order valence-corrected chi connectivity index (χ0v) is 13.0. The summed E-state index contributed by atoms with van der Waals surface area (Å²) in [6, 6.07) is 15.2. The lowest BCUT2D eigenvalue weighted by Crippen LogP contribution is -2.05. The zero-order valence-electron chi connectivity index (χ0n) is 11.4. The van der Waals surface area contributed by atoms with Gasteiger partial charge in [-0.1, -0.05) is 46.3 Å². The molecule has 0 unspecified atom stereocenters. The molecule has 1 aromatic heterocycles. The Labute approximate surface area is 130 Å². The van der Waals surface area contributed by atoms with Crippen molar-refractivity contribution < 1.29 is 13.9 Å². The van der Waals surface area contributed by atoms with Crippen molar-refractivity contribution >= 4 is 32.9 Å². The first-order valence-corrected chi connectivity index (χ1v) is 7.34. The SMILES string of the molecule is Cc1c(C(=O)OCc2ccc(Br)cc2)oc2ccccc12. The fourth-order valence-electron chi connectivity index (χ4n) is 2.16. The molecular formula is C17H13BrO3. The number of carbonyl (C=O) groups is 1. The quantitative estimate of drug-likeness (QED) is 0.637. The number of para-hydroxylation sites is 1. The number of hydrogen-bond acceptors (Lipinski definition) is 3. The van der Waals surface area contributed by atoms with Gasteiger partial charge in [-0.25, -0.2) is 4.79 Å². The van der Waals surface area contributed by atoms with Crippen LogP contribution in [0.1, 0.15) is 21.7 Å². The summed E-state index contributed by atoms with van der Waals surface area (Å²) in [5, 5.41) is 0.938. The average Bonchev–Trinajstić information content (AvgIpc) is 2.84. The first-order chi connectivity index (χ1) is 10.1. The third-order valence-corrected chi connectivity index (χ3v) is 3.84. The molecule has 3 aromatic rings. The minimum atomic E-state index is -0.438. The summed E-state index contributed by atoms with van der Waals surface area (Å²) in [7, 11) is 0. The van der Waals surface area contributed by atoms with E-state index in [1.165, 1.54) is 0 Å². The fourth-order valence-corrected chi connectivity index (χ4v) is 2.43. The van der Waals surface area contributed by atoms with Gasteiger partial charge in [-0.15, -0.1) is 0 Å². The molecule has 3 rings (SSSR count). The highest BCUT2D eigenvalue weighted by atomic mass is 79.9. The van der Waals surface area contributed by atoms with Crippen LogP contribution in [-0.4, -0.2) is 5.97 Å². The number of fused-ring (bicyclic) bond motifs is 1. The second-order valence-corrected chi connectivity index (χ2v) is 5.67. The second kappa shape index (κ2) is 5.74. The molecule has 4 heteroatoms. The van der Waals surface area contributed by atoms with Crippen LogP contribution in [0.5, 0.6) is 0 Å². The first kappa shape index (κ1) is 13.9. The van der Waals surface area contributed by atoms with Gasteiger partial charge in [0.05, 0.1) is 0 Å². The molecule has 0 fully saturated rings. The fraction of sp³-hybridized carbons (Fsp3) is 0.118. The van der Waals surface area contributed by atoms with Gasteiger partial charge in [-0.05, 0) is 30.7 Å². The van der Waals surface area contributed by atoms with Crippen LogP contribution in [0, 0.1) is 6.92 Å². The molecule has 0 N–H and O–H groups in total. The van der Waals surface area contributed by atoms with Crippen molar-refractivity contribution in [3.63, 3.8) is 0 Å². The van der Waals surface area contributed by atoms with Crippen molar-refractivity contribution in [1.82, 2.24) is 0 Å². The topological polar surface area (TPSA) is 39.4 Å². The van der Waals surface area contributed by atoms with Gasteiger partial charge in [0.15, 0.2) is 0 Å². The van der Waals surface area contributed by atoms with Gasteiger partial charge in [0, 0.05) is 15.4 Å². The smallest absolute Gasteiger partial charge is 0.374 e. The third-order valence-electron chi connectivity index (χ3n) is 3.31. The van der Waals surface area contributed by atoms with E-state index in [0.29, 0.717) is 5.58 Å². The Hall–Kier alpha value is -2.07. The van der Waals surface area contributed by atoms with E-state index in [2.05, 4.69) is 15.9 Å². The molecule has 0 aliphatic carbocycles. The Morgan fingerprint density at radius 1 is 1.14 bits per heavy atom. The molecule has 3 nitrogen and oxygen atoms in total. The van der Waals surface area contributed by atoms with Gasteiger partial charge in [-0.3, -0.25) is 0 Å². The molecule has 0 amide bonds. The first-order valence-electron chi connectivity index (χ1n) is 6.55. The van der Waals surface area contributed by atoms with Crippen LogP contribution in [0.3, 0.4) is 0 Å². The van der Waals surface area contributed by atoms with E-state index in [1.54, 1.807) is 0 Å². The van der Waals surface area contributed by atoms with E-state index in [4.69, 9.17) is 9.15 Å². The van der Waals surface area contributed by atoms with E-state index in [0.717, 1.165) is 21.0 Å². The minimum absolute atomic E-state index is 0.225. The molecule has 0 atom stereocenters. The van der Waals surface area contributed by atoms with Crippen LogP contribution in [0.15, 0.2) is 57.4 Å². The maximum atomic E-state index is 12.2. The normalized spacial score (nSPS) is 10.8.